The highest BCUT2D eigenvalue weighted by molar-refractivity contribution is 5.91. The topological polar surface area (TPSA) is 97.3 Å². The minimum absolute atomic E-state index is 0.0672. The van der Waals surface area contributed by atoms with Gasteiger partial charge in [-0.25, -0.2) is 0 Å². The third-order valence-electron chi connectivity index (χ3n) is 3.90. The van der Waals surface area contributed by atoms with Gasteiger partial charge >= 0.3 is 0 Å². The Morgan fingerprint density at radius 2 is 1.67 bits per heavy atom. The summed E-state index contributed by atoms with van der Waals surface area (Å²) in [6.07, 6.45) is 2.05. The number of amides is 1. The van der Waals surface area contributed by atoms with Crippen molar-refractivity contribution in [3.63, 3.8) is 0 Å². The van der Waals surface area contributed by atoms with Gasteiger partial charge < -0.3 is 29.7 Å². The van der Waals surface area contributed by atoms with Gasteiger partial charge in [-0.3, -0.25) is 4.79 Å². The van der Waals surface area contributed by atoms with Gasteiger partial charge in [0.1, 0.15) is 5.75 Å². The molecule has 0 saturated carbocycles. The Bertz CT molecular complexity index is 776. The first kappa shape index (κ1) is 20.1. The van der Waals surface area contributed by atoms with Crippen molar-refractivity contribution in [3.05, 3.63) is 53.6 Å². The molecule has 7 heteroatoms. The standard InChI is InChI=1S/C20H23NO6/c1-25-15-7-5-14(6-8-15)16(22)12-21-19(23)9-4-13-10-17(26-2)20(24)18(11-13)27-3/h4-11,16,22,24H,12H2,1-3H3,(H,21,23)/b9-4+/t16-/m1/s1. The lowest BCUT2D eigenvalue weighted by Gasteiger charge is -2.12. The molecule has 0 bridgehead atoms. The maximum absolute atomic E-state index is 12.0. The predicted molar refractivity (Wildman–Crippen MR) is 101 cm³/mol. The van der Waals surface area contributed by atoms with Crippen LogP contribution >= 0.6 is 0 Å². The van der Waals surface area contributed by atoms with Crippen molar-refractivity contribution in [3.8, 4) is 23.0 Å². The number of carbonyl (C=O) groups excluding carboxylic acids is 1. The van der Waals surface area contributed by atoms with E-state index in [9.17, 15) is 15.0 Å². The van der Waals surface area contributed by atoms with Gasteiger partial charge in [-0.2, -0.15) is 0 Å². The summed E-state index contributed by atoms with van der Waals surface area (Å²) in [5.41, 5.74) is 1.29. The summed E-state index contributed by atoms with van der Waals surface area (Å²) < 4.78 is 15.2. The van der Waals surface area contributed by atoms with E-state index in [0.717, 1.165) is 0 Å². The average Bonchev–Trinajstić information content (AvgIpc) is 2.71. The Kier molecular flexibility index (Phi) is 7.08. The smallest absolute Gasteiger partial charge is 0.244 e. The van der Waals surface area contributed by atoms with E-state index in [4.69, 9.17) is 14.2 Å². The molecule has 0 aliphatic rings. The molecule has 2 aromatic carbocycles. The zero-order chi connectivity index (χ0) is 19.8. The largest absolute Gasteiger partial charge is 0.502 e. The molecular weight excluding hydrogens is 350 g/mol. The second kappa shape index (κ2) is 9.49. The lowest BCUT2D eigenvalue weighted by molar-refractivity contribution is -0.116. The van der Waals surface area contributed by atoms with E-state index in [2.05, 4.69) is 5.32 Å². The molecule has 2 aromatic rings. The van der Waals surface area contributed by atoms with Gasteiger partial charge in [0.15, 0.2) is 11.5 Å². The molecule has 144 valence electrons. The van der Waals surface area contributed by atoms with Crippen LogP contribution in [0.2, 0.25) is 0 Å². The van der Waals surface area contributed by atoms with Crippen molar-refractivity contribution < 1.29 is 29.2 Å². The number of aromatic hydroxyl groups is 1. The fourth-order valence-corrected chi connectivity index (χ4v) is 2.38. The maximum Gasteiger partial charge on any atom is 0.244 e. The summed E-state index contributed by atoms with van der Waals surface area (Å²) in [4.78, 5) is 12.0. The number of benzene rings is 2. The molecule has 1 amide bonds. The number of phenols is 1. The molecular formula is C20H23NO6. The molecule has 0 aliphatic carbocycles. The molecule has 2 rings (SSSR count). The molecule has 0 aliphatic heterocycles. The van der Waals surface area contributed by atoms with Crippen molar-refractivity contribution in [1.82, 2.24) is 5.32 Å². The van der Waals surface area contributed by atoms with Crippen molar-refractivity contribution in [2.75, 3.05) is 27.9 Å². The second-order valence-electron chi connectivity index (χ2n) is 5.64. The van der Waals surface area contributed by atoms with Crippen LogP contribution in [-0.2, 0) is 4.79 Å². The summed E-state index contributed by atoms with van der Waals surface area (Å²) in [7, 11) is 4.42. The molecule has 0 saturated heterocycles. The number of carbonyl (C=O) groups is 1. The van der Waals surface area contributed by atoms with E-state index >= 15 is 0 Å². The molecule has 0 spiro atoms. The minimum atomic E-state index is -0.831. The van der Waals surface area contributed by atoms with Crippen molar-refractivity contribution in [1.29, 1.82) is 0 Å². The quantitative estimate of drug-likeness (QED) is 0.614. The molecule has 3 N–H and O–H groups in total. The number of methoxy groups -OCH3 is 3. The molecule has 0 fully saturated rings. The van der Waals surface area contributed by atoms with Gasteiger partial charge in [0.05, 0.1) is 27.4 Å². The normalized spacial score (nSPS) is 11.9. The highest BCUT2D eigenvalue weighted by atomic mass is 16.5. The van der Waals surface area contributed by atoms with E-state index < -0.39 is 6.10 Å². The number of aliphatic hydroxyl groups excluding tert-OH is 1. The van der Waals surface area contributed by atoms with Crippen molar-refractivity contribution in [2.45, 2.75) is 6.10 Å². The van der Waals surface area contributed by atoms with Crippen LogP contribution in [0.15, 0.2) is 42.5 Å². The van der Waals surface area contributed by atoms with Crippen LogP contribution in [0.3, 0.4) is 0 Å². The Hall–Kier alpha value is -3.19. The van der Waals surface area contributed by atoms with Gasteiger partial charge in [-0.1, -0.05) is 12.1 Å². The third-order valence-corrected chi connectivity index (χ3v) is 3.90. The maximum atomic E-state index is 12.0. The summed E-state index contributed by atoms with van der Waals surface area (Å²) >= 11 is 0. The number of hydrogen-bond acceptors (Lipinski definition) is 6. The molecule has 7 nitrogen and oxygen atoms in total. The summed E-state index contributed by atoms with van der Waals surface area (Å²) in [6, 6.07) is 10.1. The molecule has 0 radical (unpaired) electrons. The Morgan fingerprint density at radius 3 is 2.19 bits per heavy atom. The molecule has 0 unspecified atom stereocenters. The van der Waals surface area contributed by atoms with Crippen molar-refractivity contribution in [2.24, 2.45) is 0 Å². The Labute approximate surface area is 157 Å². The fourth-order valence-electron chi connectivity index (χ4n) is 2.38. The second-order valence-corrected chi connectivity index (χ2v) is 5.64. The lowest BCUT2D eigenvalue weighted by Crippen LogP contribution is -2.26. The van der Waals surface area contributed by atoms with E-state index in [1.807, 2.05) is 0 Å². The summed E-state index contributed by atoms with van der Waals surface area (Å²) in [6.45, 7) is 0.0672. The van der Waals surface area contributed by atoms with Gasteiger partial charge in [-0.15, -0.1) is 0 Å². The lowest BCUT2D eigenvalue weighted by atomic mass is 10.1. The third kappa shape index (κ3) is 5.39. The first-order chi connectivity index (χ1) is 13.0. The van der Waals surface area contributed by atoms with Crippen LogP contribution in [0.5, 0.6) is 23.0 Å². The first-order valence-electron chi connectivity index (χ1n) is 8.21. The van der Waals surface area contributed by atoms with E-state index in [1.54, 1.807) is 49.6 Å². The van der Waals surface area contributed by atoms with Gasteiger partial charge in [-0.05, 0) is 41.5 Å². The minimum Gasteiger partial charge on any atom is -0.502 e. The van der Waals surface area contributed by atoms with Gasteiger partial charge in [0.2, 0.25) is 11.7 Å². The number of phenolic OH excluding ortho intramolecular Hbond substituents is 1. The van der Waals surface area contributed by atoms with Crippen LogP contribution in [0.4, 0.5) is 0 Å². The van der Waals surface area contributed by atoms with E-state index in [-0.39, 0.29) is 29.7 Å². The number of ether oxygens (including phenoxy) is 3. The fraction of sp³-hybridized carbons (Fsp3) is 0.250. The van der Waals surface area contributed by atoms with Crippen LogP contribution < -0.4 is 19.5 Å². The first-order valence-corrected chi connectivity index (χ1v) is 8.21. The summed E-state index contributed by atoms with van der Waals surface area (Å²) in [5.74, 6) is 0.698. The highest BCUT2D eigenvalue weighted by Gasteiger charge is 2.11. The van der Waals surface area contributed by atoms with Crippen LogP contribution in [0.25, 0.3) is 6.08 Å². The predicted octanol–water partition coefficient (Wildman–Crippen LogP) is 2.28. The molecule has 27 heavy (non-hydrogen) atoms. The molecule has 0 heterocycles. The molecule has 1 atom stereocenters. The SMILES string of the molecule is COc1ccc([C@H](O)CNC(=O)/C=C/c2cc(OC)c(O)c(OC)c2)cc1. The van der Waals surface area contributed by atoms with Gasteiger partial charge in [0.25, 0.3) is 0 Å². The Balaban J connectivity index is 1.96. The number of rotatable bonds is 8. The van der Waals surface area contributed by atoms with E-state index in [1.165, 1.54) is 20.3 Å². The van der Waals surface area contributed by atoms with Crippen LogP contribution in [0.1, 0.15) is 17.2 Å². The van der Waals surface area contributed by atoms with E-state index in [0.29, 0.717) is 16.9 Å². The summed E-state index contributed by atoms with van der Waals surface area (Å²) in [5, 5.41) is 22.7. The average molecular weight is 373 g/mol. The van der Waals surface area contributed by atoms with Crippen molar-refractivity contribution >= 4 is 12.0 Å². The highest BCUT2D eigenvalue weighted by Crippen LogP contribution is 2.37. The number of hydrogen-bond donors (Lipinski definition) is 3. The van der Waals surface area contributed by atoms with Crippen LogP contribution in [0, 0.1) is 0 Å². The monoisotopic (exact) mass is 373 g/mol. The van der Waals surface area contributed by atoms with Crippen LogP contribution in [-0.4, -0.2) is 44.0 Å². The zero-order valence-electron chi connectivity index (χ0n) is 15.4. The number of aliphatic hydroxyl groups is 1. The zero-order valence-corrected chi connectivity index (χ0v) is 15.4. The number of nitrogens with one attached hydrogen (secondary N) is 1. The molecule has 0 aromatic heterocycles. The van der Waals surface area contributed by atoms with Gasteiger partial charge in [0, 0.05) is 12.6 Å². The Morgan fingerprint density at radius 1 is 1.07 bits per heavy atom.